The summed E-state index contributed by atoms with van der Waals surface area (Å²) in [5, 5.41) is 18.4. The number of carbonyl (C=O) groups is 1. The summed E-state index contributed by atoms with van der Waals surface area (Å²) in [7, 11) is -4.54. The Bertz CT molecular complexity index is 1220. The van der Waals surface area contributed by atoms with Crippen molar-refractivity contribution in [3.8, 4) is 0 Å². The Morgan fingerprint density at radius 2 is 0.983 bits per heavy atom. The van der Waals surface area contributed by atoms with Crippen LogP contribution < -0.4 is 0 Å². The fraction of sp³-hybridized carbons (Fsp3) is 0.646. The third-order valence-electron chi connectivity index (χ3n) is 8.75. The van der Waals surface area contributed by atoms with Crippen molar-refractivity contribution >= 4 is 13.8 Å². The number of esters is 1. The Hall–Kier alpha value is -2.62. The maximum Gasteiger partial charge on any atom is 0.472 e. The standard InChI is InChI=1S/C48H81O9P/c1-3-5-7-9-11-13-15-17-19-21-22-23-24-25-26-28-30-32-34-36-38-40-48(51)57-47(45-56-58(52,53)55-43-46(50)42-49)44-54-41-39-37-35-33-31-29-27-20-18-16-14-12-10-8-6-4-2/h5,7,11-14,17-20,22-23,25-26,30,32,46-47,49-50H,3-4,6,8-10,15-16,21,24,27-29,31,33-45H2,1-2H3,(H,52,53)/b7-5-,13-11-,14-12-,19-17-,20-18-,23-22-,26-25-,32-30-. The van der Waals surface area contributed by atoms with E-state index in [0.717, 1.165) is 83.5 Å². The lowest BCUT2D eigenvalue weighted by molar-refractivity contribution is -0.154. The van der Waals surface area contributed by atoms with Crippen LogP contribution in [0.3, 0.4) is 0 Å². The van der Waals surface area contributed by atoms with Crippen LogP contribution in [0, 0.1) is 0 Å². The number of hydrogen-bond donors (Lipinski definition) is 3. The van der Waals surface area contributed by atoms with Gasteiger partial charge in [0.1, 0.15) is 12.2 Å². The van der Waals surface area contributed by atoms with Crippen molar-refractivity contribution < 1.29 is 43.0 Å². The van der Waals surface area contributed by atoms with Crippen molar-refractivity contribution in [1.82, 2.24) is 0 Å². The number of ether oxygens (including phenoxy) is 2. The van der Waals surface area contributed by atoms with Crippen LogP contribution in [-0.4, -0.2) is 66.3 Å². The first-order valence-electron chi connectivity index (χ1n) is 22.2. The van der Waals surface area contributed by atoms with Crippen molar-refractivity contribution in [2.24, 2.45) is 0 Å². The molecule has 0 aliphatic heterocycles. The molecule has 0 aromatic rings. The lowest BCUT2D eigenvalue weighted by Crippen LogP contribution is -2.29. The maximum atomic E-state index is 12.6. The van der Waals surface area contributed by atoms with E-state index in [4.69, 9.17) is 23.6 Å². The highest BCUT2D eigenvalue weighted by molar-refractivity contribution is 7.47. The quantitative estimate of drug-likeness (QED) is 0.0238. The lowest BCUT2D eigenvalue weighted by Gasteiger charge is -2.20. The Kier molecular flexibility index (Phi) is 42.0. The largest absolute Gasteiger partial charge is 0.472 e. The minimum atomic E-state index is -4.54. The van der Waals surface area contributed by atoms with E-state index in [-0.39, 0.29) is 13.0 Å². The monoisotopic (exact) mass is 833 g/mol. The molecule has 332 valence electrons. The molecule has 0 aromatic heterocycles. The Labute approximate surface area is 353 Å². The second kappa shape index (κ2) is 43.9. The van der Waals surface area contributed by atoms with Crippen LogP contribution in [0.2, 0.25) is 0 Å². The summed E-state index contributed by atoms with van der Waals surface area (Å²) in [6.07, 6.45) is 55.1. The summed E-state index contributed by atoms with van der Waals surface area (Å²) in [6.45, 7) is 3.27. The number of rotatable bonds is 41. The van der Waals surface area contributed by atoms with Crippen molar-refractivity contribution in [3.63, 3.8) is 0 Å². The lowest BCUT2D eigenvalue weighted by atomic mass is 10.1. The van der Waals surface area contributed by atoms with Gasteiger partial charge in [-0.05, 0) is 96.3 Å². The highest BCUT2D eigenvalue weighted by Crippen LogP contribution is 2.43. The van der Waals surface area contributed by atoms with Crippen LogP contribution in [0.5, 0.6) is 0 Å². The van der Waals surface area contributed by atoms with Crippen molar-refractivity contribution in [2.45, 2.75) is 167 Å². The third-order valence-corrected chi connectivity index (χ3v) is 9.70. The minimum absolute atomic E-state index is 0.0177. The number of carbonyl (C=O) groups excluding carboxylic acids is 1. The van der Waals surface area contributed by atoms with Gasteiger partial charge in [-0.3, -0.25) is 13.8 Å². The molecule has 3 unspecified atom stereocenters. The van der Waals surface area contributed by atoms with E-state index < -0.39 is 45.8 Å². The van der Waals surface area contributed by atoms with Crippen LogP contribution in [0.1, 0.15) is 155 Å². The molecule has 0 saturated carbocycles. The minimum Gasteiger partial charge on any atom is -0.457 e. The molecule has 0 spiro atoms. The number of hydrogen-bond acceptors (Lipinski definition) is 8. The van der Waals surface area contributed by atoms with Gasteiger partial charge in [-0.1, -0.05) is 150 Å². The number of aliphatic hydroxyl groups is 2. The first-order valence-corrected chi connectivity index (χ1v) is 23.7. The molecule has 0 bridgehead atoms. The highest BCUT2D eigenvalue weighted by atomic mass is 31.2. The molecule has 0 aliphatic rings. The van der Waals surface area contributed by atoms with Gasteiger partial charge in [0.05, 0.1) is 26.4 Å². The molecule has 0 rings (SSSR count). The molecule has 3 atom stereocenters. The molecule has 0 aromatic carbocycles. The van der Waals surface area contributed by atoms with E-state index in [9.17, 15) is 19.4 Å². The average molecular weight is 833 g/mol. The van der Waals surface area contributed by atoms with Gasteiger partial charge < -0.3 is 24.6 Å². The molecule has 3 N–H and O–H groups in total. The second-order valence-electron chi connectivity index (χ2n) is 14.3. The molecule has 0 saturated heterocycles. The van der Waals surface area contributed by atoms with E-state index in [0.29, 0.717) is 13.0 Å². The molecule has 58 heavy (non-hydrogen) atoms. The predicted molar refractivity (Wildman–Crippen MR) is 242 cm³/mol. The molecule has 10 heteroatoms. The zero-order valence-corrected chi connectivity index (χ0v) is 37.1. The number of phosphoric acid groups is 1. The Morgan fingerprint density at radius 1 is 0.552 bits per heavy atom. The molecule has 0 aliphatic carbocycles. The number of aliphatic hydroxyl groups excluding tert-OH is 2. The van der Waals surface area contributed by atoms with Crippen LogP contribution in [0.15, 0.2) is 97.2 Å². The van der Waals surface area contributed by atoms with Gasteiger partial charge >= 0.3 is 13.8 Å². The molecule has 9 nitrogen and oxygen atoms in total. The van der Waals surface area contributed by atoms with Gasteiger partial charge in [-0.25, -0.2) is 4.57 Å². The van der Waals surface area contributed by atoms with Crippen LogP contribution >= 0.6 is 7.82 Å². The van der Waals surface area contributed by atoms with E-state index in [1.54, 1.807) is 0 Å². The van der Waals surface area contributed by atoms with Gasteiger partial charge in [-0.2, -0.15) is 0 Å². The van der Waals surface area contributed by atoms with Crippen molar-refractivity contribution in [3.05, 3.63) is 97.2 Å². The predicted octanol–water partition coefficient (Wildman–Crippen LogP) is 12.5. The first kappa shape index (κ1) is 55.4. The van der Waals surface area contributed by atoms with Crippen molar-refractivity contribution in [2.75, 3.05) is 33.0 Å². The topological polar surface area (TPSA) is 132 Å². The van der Waals surface area contributed by atoms with E-state index in [1.165, 1.54) is 44.9 Å². The van der Waals surface area contributed by atoms with E-state index >= 15 is 0 Å². The molecule has 0 fully saturated rings. The van der Waals surface area contributed by atoms with Gasteiger partial charge in [0.2, 0.25) is 0 Å². The highest BCUT2D eigenvalue weighted by Gasteiger charge is 2.26. The van der Waals surface area contributed by atoms with Gasteiger partial charge in [-0.15, -0.1) is 0 Å². The molecule has 0 amide bonds. The molecule has 0 radical (unpaired) electrons. The molecular weight excluding hydrogens is 751 g/mol. The summed E-state index contributed by atoms with van der Waals surface area (Å²) < 4.78 is 33.3. The fourth-order valence-electron chi connectivity index (χ4n) is 5.39. The van der Waals surface area contributed by atoms with Crippen LogP contribution in [0.25, 0.3) is 0 Å². The third kappa shape index (κ3) is 43.0. The summed E-state index contributed by atoms with van der Waals surface area (Å²) in [4.78, 5) is 22.6. The SMILES string of the molecule is CC/C=C\C/C=C\C/C=C\C/C=C\C/C=C\C/C=C\CCCCC(=O)OC(COCCCCCCCC/C=C\C/C=C\CCCCC)COP(=O)(O)OCC(O)CO. The van der Waals surface area contributed by atoms with Crippen LogP contribution in [-0.2, 0) is 27.9 Å². The van der Waals surface area contributed by atoms with Gasteiger partial charge in [0.25, 0.3) is 0 Å². The van der Waals surface area contributed by atoms with E-state index in [2.05, 4.69) is 111 Å². The van der Waals surface area contributed by atoms with Gasteiger partial charge in [0, 0.05) is 13.0 Å². The van der Waals surface area contributed by atoms with E-state index in [1.807, 2.05) is 0 Å². The molecular formula is C48H81O9P. The zero-order chi connectivity index (χ0) is 42.5. The fourth-order valence-corrected chi connectivity index (χ4v) is 6.18. The average Bonchev–Trinajstić information content (AvgIpc) is 3.21. The summed E-state index contributed by atoms with van der Waals surface area (Å²) in [5.74, 6) is -0.432. The molecule has 0 heterocycles. The summed E-state index contributed by atoms with van der Waals surface area (Å²) in [6, 6.07) is 0. The maximum absolute atomic E-state index is 12.6. The van der Waals surface area contributed by atoms with Crippen molar-refractivity contribution in [1.29, 1.82) is 0 Å². The number of phosphoric ester groups is 1. The normalized spacial score (nSPS) is 14.9. The summed E-state index contributed by atoms with van der Waals surface area (Å²) in [5.41, 5.74) is 0. The first-order chi connectivity index (χ1) is 28.3. The smallest absolute Gasteiger partial charge is 0.457 e. The number of allylic oxidation sites excluding steroid dienone is 16. The second-order valence-corrected chi connectivity index (χ2v) is 15.8. The summed E-state index contributed by atoms with van der Waals surface area (Å²) >= 11 is 0. The Balaban J connectivity index is 4.30. The zero-order valence-electron chi connectivity index (χ0n) is 36.2. The number of unbranched alkanes of at least 4 members (excludes halogenated alkanes) is 11. The van der Waals surface area contributed by atoms with Crippen LogP contribution in [0.4, 0.5) is 0 Å². The van der Waals surface area contributed by atoms with Gasteiger partial charge in [0.15, 0.2) is 0 Å². The Morgan fingerprint density at radius 3 is 1.48 bits per heavy atom.